The van der Waals surface area contributed by atoms with Gasteiger partial charge in [0.15, 0.2) is 0 Å². The van der Waals surface area contributed by atoms with Gasteiger partial charge in [-0.2, -0.15) is 22.7 Å². The number of ether oxygens (including phenoxy) is 2. The van der Waals surface area contributed by atoms with E-state index < -0.39 is 5.41 Å². The number of aliphatic hydroxyl groups is 2. The van der Waals surface area contributed by atoms with E-state index in [1.54, 1.807) is 22.7 Å². The predicted octanol–water partition coefficient (Wildman–Crippen LogP) is 8.87. The number of thiophene rings is 2. The molecule has 45 heavy (non-hydrogen) atoms. The molecular weight excluding hydrogens is 597 g/mol. The maximum Gasteiger partial charge on any atom is 0.122 e. The SMILES string of the molecule is Cc1cc(C2(c3ccc(OCCO)c(C)c3)c3cc(-c4ccsc4)ccc3-c3ccc(-c4ccsc4)cc32)ccc1OCCO. The highest BCUT2D eigenvalue weighted by atomic mass is 32.1. The summed E-state index contributed by atoms with van der Waals surface area (Å²) < 4.78 is 11.8. The maximum absolute atomic E-state index is 9.42. The lowest BCUT2D eigenvalue weighted by atomic mass is 9.66. The summed E-state index contributed by atoms with van der Waals surface area (Å²) in [6.07, 6.45) is 0. The van der Waals surface area contributed by atoms with Crippen molar-refractivity contribution >= 4 is 22.7 Å². The van der Waals surface area contributed by atoms with E-state index in [9.17, 15) is 10.2 Å². The van der Waals surface area contributed by atoms with Crippen LogP contribution in [-0.4, -0.2) is 36.6 Å². The molecule has 0 radical (unpaired) electrons. The van der Waals surface area contributed by atoms with Gasteiger partial charge in [0, 0.05) is 0 Å². The lowest BCUT2D eigenvalue weighted by molar-refractivity contribution is 0.200. The van der Waals surface area contributed by atoms with Gasteiger partial charge in [0.05, 0.1) is 18.6 Å². The summed E-state index contributed by atoms with van der Waals surface area (Å²) in [5.74, 6) is 1.54. The number of rotatable bonds is 10. The van der Waals surface area contributed by atoms with Crippen molar-refractivity contribution < 1.29 is 19.7 Å². The van der Waals surface area contributed by atoms with Crippen molar-refractivity contribution in [1.29, 1.82) is 0 Å². The minimum Gasteiger partial charge on any atom is -0.491 e. The first-order valence-corrected chi connectivity index (χ1v) is 17.0. The van der Waals surface area contributed by atoms with E-state index >= 15 is 0 Å². The van der Waals surface area contributed by atoms with Crippen LogP contribution in [-0.2, 0) is 5.41 Å². The average Bonchev–Trinajstić information content (AvgIpc) is 3.84. The molecule has 7 rings (SSSR count). The number of hydrogen-bond acceptors (Lipinski definition) is 6. The topological polar surface area (TPSA) is 58.9 Å². The third-order valence-corrected chi connectivity index (χ3v) is 10.1. The van der Waals surface area contributed by atoms with Crippen LogP contribution in [0.15, 0.2) is 106 Å². The van der Waals surface area contributed by atoms with Gasteiger partial charge >= 0.3 is 0 Å². The van der Waals surface area contributed by atoms with Gasteiger partial charge in [0.25, 0.3) is 0 Å². The highest BCUT2D eigenvalue weighted by Crippen LogP contribution is 2.58. The Morgan fingerprint density at radius 1 is 0.556 bits per heavy atom. The van der Waals surface area contributed by atoms with Crippen LogP contribution in [0, 0.1) is 13.8 Å². The molecule has 1 aliphatic carbocycles. The van der Waals surface area contributed by atoms with E-state index in [0.29, 0.717) is 0 Å². The molecule has 0 saturated heterocycles. The van der Waals surface area contributed by atoms with E-state index in [-0.39, 0.29) is 26.4 Å². The van der Waals surface area contributed by atoms with Gasteiger partial charge in [0.2, 0.25) is 0 Å². The Labute approximate surface area is 271 Å². The number of aryl methyl sites for hydroxylation is 2. The molecule has 0 atom stereocenters. The van der Waals surface area contributed by atoms with Crippen LogP contribution in [0.3, 0.4) is 0 Å². The highest BCUT2D eigenvalue weighted by Gasteiger charge is 2.47. The van der Waals surface area contributed by atoms with Crippen molar-refractivity contribution in [3.63, 3.8) is 0 Å². The second-order valence-corrected chi connectivity index (χ2v) is 13.0. The zero-order valence-electron chi connectivity index (χ0n) is 25.2. The molecule has 0 saturated carbocycles. The van der Waals surface area contributed by atoms with Crippen molar-refractivity contribution in [2.24, 2.45) is 0 Å². The quantitative estimate of drug-likeness (QED) is 0.159. The first-order chi connectivity index (χ1) is 22.0. The standard InChI is InChI=1S/C39H34O4S2/c1-25-19-31(5-9-37(25)42-15-13-40)39(32-6-10-38(26(2)20-32)43-16-14-41)35-21-27(29-11-17-44-23-29)3-7-33(35)34-8-4-28(22-36(34)39)30-12-18-45-24-30/h3-12,17-24,40-41H,13-16H2,1-2H3. The summed E-state index contributed by atoms with van der Waals surface area (Å²) in [5.41, 5.74) is 13.4. The largest absolute Gasteiger partial charge is 0.491 e. The maximum atomic E-state index is 9.42. The van der Waals surface area contributed by atoms with Crippen LogP contribution in [0.4, 0.5) is 0 Å². The van der Waals surface area contributed by atoms with Gasteiger partial charge in [-0.3, -0.25) is 0 Å². The second-order valence-electron chi connectivity index (χ2n) is 11.4. The molecule has 1 aliphatic rings. The smallest absolute Gasteiger partial charge is 0.122 e. The van der Waals surface area contributed by atoms with Crippen molar-refractivity contribution in [3.8, 4) is 44.9 Å². The highest BCUT2D eigenvalue weighted by molar-refractivity contribution is 7.08. The normalized spacial score (nSPS) is 13.0. The van der Waals surface area contributed by atoms with Crippen LogP contribution in [0.5, 0.6) is 11.5 Å². The van der Waals surface area contributed by atoms with Gasteiger partial charge in [-0.15, -0.1) is 0 Å². The molecule has 0 amide bonds. The van der Waals surface area contributed by atoms with Gasteiger partial charge in [-0.1, -0.05) is 48.5 Å². The molecule has 2 heterocycles. The van der Waals surface area contributed by atoms with E-state index in [1.807, 2.05) is 12.1 Å². The molecule has 0 spiro atoms. The average molecular weight is 631 g/mol. The monoisotopic (exact) mass is 630 g/mol. The summed E-state index contributed by atoms with van der Waals surface area (Å²) in [6, 6.07) is 31.1. The van der Waals surface area contributed by atoms with Crippen LogP contribution < -0.4 is 9.47 Å². The van der Waals surface area contributed by atoms with Gasteiger partial charge in [-0.05, 0) is 139 Å². The fourth-order valence-corrected chi connectivity index (χ4v) is 8.06. The lowest BCUT2D eigenvalue weighted by Crippen LogP contribution is -2.29. The Hall–Kier alpha value is -4.20. The molecular formula is C39H34O4S2. The molecule has 2 N–H and O–H groups in total. The Bertz CT molecular complexity index is 1810. The third-order valence-electron chi connectivity index (χ3n) is 8.76. The first kappa shape index (κ1) is 29.5. The molecule has 0 aliphatic heterocycles. The summed E-state index contributed by atoms with van der Waals surface area (Å²) in [6.45, 7) is 4.57. The van der Waals surface area contributed by atoms with Gasteiger partial charge in [-0.25, -0.2) is 0 Å². The number of aliphatic hydroxyl groups excluding tert-OH is 2. The van der Waals surface area contributed by atoms with Crippen molar-refractivity contribution in [2.45, 2.75) is 19.3 Å². The van der Waals surface area contributed by atoms with Crippen LogP contribution in [0.1, 0.15) is 33.4 Å². The molecule has 0 unspecified atom stereocenters. The fraction of sp³-hybridized carbons (Fsp3) is 0.179. The minimum atomic E-state index is -0.636. The van der Waals surface area contributed by atoms with Crippen molar-refractivity contribution in [3.05, 3.63) is 140 Å². The minimum absolute atomic E-state index is 0.0351. The lowest BCUT2D eigenvalue weighted by Gasteiger charge is -2.35. The van der Waals surface area contributed by atoms with Crippen molar-refractivity contribution in [1.82, 2.24) is 0 Å². The molecule has 6 heteroatoms. The summed E-state index contributed by atoms with van der Waals surface area (Å²) >= 11 is 3.41. The number of hydrogen-bond donors (Lipinski definition) is 2. The van der Waals surface area contributed by atoms with Gasteiger partial charge in [0.1, 0.15) is 24.7 Å². The number of benzene rings is 4. The van der Waals surface area contributed by atoms with E-state index in [1.165, 1.54) is 44.5 Å². The predicted molar refractivity (Wildman–Crippen MR) is 185 cm³/mol. The zero-order valence-corrected chi connectivity index (χ0v) is 26.9. The summed E-state index contributed by atoms with van der Waals surface area (Å²) in [7, 11) is 0. The molecule has 4 nitrogen and oxygen atoms in total. The van der Waals surface area contributed by atoms with E-state index in [2.05, 4.69) is 108 Å². The Morgan fingerprint density at radius 2 is 1.02 bits per heavy atom. The first-order valence-electron chi connectivity index (χ1n) is 15.1. The van der Waals surface area contributed by atoms with Crippen molar-refractivity contribution in [2.75, 3.05) is 26.4 Å². The molecule has 2 aromatic heterocycles. The molecule has 0 fully saturated rings. The fourth-order valence-electron chi connectivity index (χ4n) is 6.73. The third kappa shape index (κ3) is 5.08. The summed E-state index contributed by atoms with van der Waals surface area (Å²) in [4.78, 5) is 0. The van der Waals surface area contributed by atoms with Gasteiger partial charge < -0.3 is 19.7 Å². The molecule has 6 aromatic rings. The van der Waals surface area contributed by atoms with Crippen LogP contribution >= 0.6 is 22.7 Å². The Kier molecular flexibility index (Phi) is 8.06. The zero-order chi connectivity index (χ0) is 31.0. The molecule has 4 aromatic carbocycles. The molecule has 0 bridgehead atoms. The van der Waals surface area contributed by atoms with E-state index in [4.69, 9.17) is 9.47 Å². The summed E-state index contributed by atoms with van der Waals surface area (Å²) in [5, 5.41) is 27.5. The van der Waals surface area contributed by atoms with Crippen LogP contribution in [0.25, 0.3) is 33.4 Å². The molecule has 226 valence electrons. The Balaban J connectivity index is 1.55. The number of fused-ring (bicyclic) bond motifs is 3. The Morgan fingerprint density at radius 3 is 1.40 bits per heavy atom. The van der Waals surface area contributed by atoms with E-state index in [0.717, 1.165) is 33.8 Å². The second kappa shape index (κ2) is 12.3. The van der Waals surface area contributed by atoms with Crippen LogP contribution in [0.2, 0.25) is 0 Å².